The zero-order valence-corrected chi connectivity index (χ0v) is 11.9. The maximum Gasteiger partial charge on any atom is 0.325 e. The average Bonchev–Trinajstić information content (AvgIpc) is 2.95. The number of tetrazole rings is 1. The minimum absolute atomic E-state index is 0.116. The Kier molecular flexibility index (Phi) is 4.16. The predicted molar refractivity (Wildman–Crippen MR) is 68.8 cm³/mol. The van der Waals surface area contributed by atoms with Gasteiger partial charge in [0.1, 0.15) is 12.2 Å². The van der Waals surface area contributed by atoms with Crippen LogP contribution in [0.5, 0.6) is 0 Å². The summed E-state index contributed by atoms with van der Waals surface area (Å²) in [5.74, 6) is -1.11. The van der Waals surface area contributed by atoms with Gasteiger partial charge in [-0.05, 0) is 28.6 Å². The van der Waals surface area contributed by atoms with Crippen molar-refractivity contribution in [2.24, 2.45) is 7.05 Å². The minimum Gasteiger partial charge on any atom is -0.480 e. The Morgan fingerprint density at radius 3 is 2.81 bits per heavy atom. The van der Waals surface area contributed by atoms with Crippen molar-refractivity contribution in [3.63, 3.8) is 0 Å². The molecule has 0 saturated carbocycles. The van der Waals surface area contributed by atoms with Gasteiger partial charge in [-0.25, -0.2) is 4.68 Å². The molecule has 0 aromatic carbocycles. The molecule has 0 unspecified atom stereocenters. The third-order valence-corrected chi connectivity index (χ3v) is 3.66. The van der Waals surface area contributed by atoms with Crippen LogP contribution in [0.15, 0.2) is 10.2 Å². The van der Waals surface area contributed by atoms with E-state index in [9.17, 15) is 14.9 Å². The summed E-state index contributed by atoms with van der Waals surface area (Å²) in [7, 11) is 1.57. The normalized spacial score (nSPS) is 10.8. The summed E-state index contributed by atoms with van der Waals surface area (Å²) < 4.78 is 2.41. The number of aliphatic carboxylic acids is 1. The molecule has 112 valence electrons. The Bertz CT molecular complexity index is 694. The van der Waals surface area contributed by atoms with Gasteiger partial charge in [-0.2, -0.15) is 5.10 Å². The van der Waals surface area contributed by atoms with E-state index in [-0.39, 0.29) is 15.9 Å². The van der Waals surface area contributed by atoms with E-state index in [1.54, 1.807) is 14.0 Å². The van der Waals surface area contributed by atoms with Gasteiger partial charge in [-0.1, -0.05) is 6.92 Å². The van der Waals surface area contributed by atoms with Gasteiger partial charge >= 0.3 is 11.7 Å². The fourth-order valence-electron chi connectivity index (χ4n) is 1.67. The zero-order valence-electron chi connectivity index (χ0n) is 11.1. The second-order valence-corrected chi connectivity index (χ2v) is 4.91. The molecular formula is C9H11N7O4S. The molecular weight excluding hydrogens is 302 g/mol. The van der Waals surface area contributed by atoms with Gasteiger partial charge in [-0.3, -0.25) is 19.6 Å². The highest BCUT2D eigenvalue weighted by atomic mass is 32.2. The second-order valence-electron chi connectivity index (χ2n) is 3.95. The first-order chi connectivity index (χ1) is 9.93. The van der Waals surface area contributed by atoms with Crippen LogP contribution in [-0.4, -0.2) is 46.0 Å². The van der Waals surface area contributed by atoms with Gasteiger partial charge in [0, 0.05) is 7.05 Å². The number of aromatic nitrogens is 6. The van der Waals surface area contributed by atoms with E-state index in [2.05, 4.69) is 20.6 Å². The molecule has 2 aromatic heterocycles. The Morgan fingerprint density at radius 1 is 1.52 bits per heavy atom. The van der Waals surface area contributed by atoms with Crippen LogP contribution in [0.2, 0.25) is 0 Å². The van der Waals surface area contributed by atoms with Crippen LogP contribution in [0, 0.1) is 10.1 Å². The fourth-order valence-corrected chi connectivity index (χ4v) is 2.59. The van der Waals surface area contributed by atoms with Gasteiger partial charge < -0.3 is 5.11 Å². The molecule has 0 aliphatic rings. The van der Waals surface area contributed by atoms with E-state index in [0.29, 0.717) is 12.1 Å². The van der Waals surface area contributed by atoms with Crippen molar-refractivity contribution in [2.75, 3.05) is 0 Å². The number of hydrogen-bond donors (Lipinski definition) is 1. The molecule has 2 rings (SSSR count). The monoisotopic (exact) mass is 313 g/mol. The molecule has 0 saturated heterocycles. The summed E-state index contributed by atoms with van der Waals surface area (Å²) in [5, 5.41) is 35.0. The molecule has 2 heterocycles. The molecule has 0 bridgehead atoms. The van der Waals surface area contributed by atoms with Gasteiger partial charge in [-0.15, -0.1) is 5.10 Å². The number of rotatable bonds is 6. The highest BCUT2D eigenvalue weighted by Gasteiger charge is 2.28. The first-order valence-corrected chi connectivity index (χ1v) is 6.61. The van der Waals surface area contributed by atoms with E-state index >= 15 is 0 Å². The summed E-state index contributed by atoms with van der Waals surface area (Å²) in [6, 6.07) is 0. The van der Waals surface area contributed by atoms with Crippen LogP contribution in [0.1, 0.15) is 12.6 Å². The Labute approximate surface area is 122 Å². The standard InChI is InChI=1S/C9H11N7O4S/c1-3-5-7(16(19)20)8(14(2)11-5)21-9-10-12-13-15(9)4-6(17)18/h3-4H2,1-2H3,(H,17,18). The van der Waals surface area contributed by atoms with Crippen molar-refractivity contribution < 1.29 is 14.8 Å². The lowest BCUT2D eigenvalue weighted by molar-refractivity contribution is -0.388. The molecule has 0 amide bonds. The Balaban J connectivity index is 2.40. The van der Waals surface area contributed by atoms with Crippen molar-refractivity contribution in [1.82, 2.24) is 30.0 Å². The highest BCUT2D eigenvalue weighted by Crippen LogP contribution is 2.35. The van der Waals surface area contributed by atoms with Crippen molar-refractivity contribution in [3.05, 3.63) is 15.8 Å². The van der Waals surface area contributed by atoms with E-state index in [0.717, 1.165) is 16.4 Å². The molecule has 0 aliphatic heterocycles. The third-order valence-electron chi connectivity index (χ3n) is 2.53. The third kappa shape index (κ3) is 2.99. The van der Waals surface area contributed by atoms with Crippen LogP contribution >= 0.6 is 11.8 Å². The molecule has 0 atom stereocenters. The van der Waals surface area contributed by atoms with Crippen LogP contribution in [-0.2, 0) is 24.8 Å². The molecule has 0 aliphatic carbocycles. The van der Waals surface area contributed by atoms with E-state index in [4.69, 9.17) is 5.11 Å². The Morgan fingerprint density at radius 2 is 2.24 bits per heavy atom. The van der Waals surface area contributed by atoms with Gasteiger partial charge in [0.2, 0.25) is 5.16 Å². The number of carbonyl (C=O) groups is 1. The summed E-state index contributed by atoms with van der Waals surface area (Å²) in [4.78, 5) is 21.4. The molecule has 1 N–H and O–H groups in total. The van der Waals surface area contributed by atoms with Crippen LogP contribution in [0.3, 0.4) is 0 Å². The van der Waals surface area contributed by atoms with Gasteiger partial charge in [0.05, 0.1) is 4.92 Å². The molecule has 0 spiro atoms. The number of hydrogen-bond acceptors (Lipinski definition) is 8. The van der Waals surface area contributed by atoms with E-state index in [1.807, 2.05) is 0 Å². The first kappa shape index (κ1) is 14.9. The summed E-state index contributed by atoms with van der Waals surface area (Å²) in [6.45, 7) is 1.33. The molecule has 0 fully saturated rings. The lowest BCUT2D eigenvalue weighted by Gasteiger charge is -2.01. The average molecular weight is 313 g/mol. The van der Waals surface area contributed by atoms with Crippen molar-refractivity contribution in [3.8, 4) is 0 Å². The van der Waals surface area contributed by atoms with Crippen LogP contribution < -0.4 is 0 Å². The van der Waals surface area contributed by atoms with Crippen molar-refractivity contribution >= 4 is 23.4 Å². The smallest absolute Gasteiger partial charge is 0.325 e. The highest BCUT2D eigenvalue weighted by molar-refractivity contribution is 7.99. The second kappa shape index (κ2) is 5.87. The first-order valence-electron chi connectivity index (χ1n) is 5.80. The van der Waals surface area contributed by atoms with E-state index < -0.39 is 17.4 Å². The molecule has 11 nitrogen and oxygen atoms in total. The summed E-state index contributed by atoms with van der Waals surface area (Å²) >= 11 is 0.903. The number of carboxylic acids is 1. The summed E-state index contributed by atoms with van der Waals surface area (Å²) in [6.07, 6.45) is 0.408. The fraction of sp³-hybridized carbons (Fsp3) is 0.444. The van der Waals surface area contributed by atoms with Gasteiger partial charge in [0.15, 0.2) is 5.03 Å². The zero-order chi connectivity index (χ0) is 15.6. The molecule has 0 radical (unpaired) electrons. The number of nitro groups is 1. The maximum absolute atomic E-state index is 11.2. The van der Waals surface area contributed by atoms with Crippen molar-refractivity contribution in [2.45, 2.75) is 30.1 Å². The number of aryl methyl sites for hydroxylation is 2. The predicted octanol–water partition coefficient (Wildman–Crippen LogP) is 0.113. The van der Waals surface area contributed by atoms with Crippen molar-refractivity contribution in [1.29, 1.82) is 0 Å². The topological polar surface area (TPSA) is 142 Å². The Hall–Kier alpha value is -2.50. The number of nitrogens with zero attached hydrogens (tertiary/aromatic N) is 7. The molecule has 2 aromatic rings. The molecule has 12 heteroatoms. The lowest BCUT2D eigenvalue weighted by Crippen LogP contribution is -2.11. The maximum atomic E-state index is 11.2. The SMILES string of the molecule is CCc1nn(C)c(Sc2nnnn2CC(=O)O)c1[N+](=O)[O-]. The van der Waals surface area contributed by atoms with Crippen LogP contribution in [0.25, 0.3) is 0 Å². The van der Waals surface area contributed by atoms with E-state index in [1.165, 1.54) is 4.68 Å². The van der Waals surface area contributed by atoms with Gasteiger partial charge in [0.25, 0.3) is 0 Å². The minimum atomic E-state index is -1.11. The van der Waals surface area contributed by atoms with Crippen LogP contribution in [0.4, 0.5) is 5.69 Å². The number of carboxylic acid groups (broad SMARTS) is 1. The lowest BCUT2D eigenvalue weighted by atomic mass is 10.3. The largest absolute Gasteiger partial charge is 0.480 e. The molecule has 21 heavy (non-hydrogen) atoms. The quantitative estimate of drug-likeness (QED) is 0.580. The summed E-state index contributed by atoms with van der Waals surface area (Å²) in [5.41, 5.74) is 0.233.